The molecule has 0 bridgehead atoms. The summed E-state index contributed by atoms with van der Waals surface area (Å²) in [6.45, 7) is 7.17. The molecule has 3 heteroatoms. The lowest BCUT2D eigenvalue weighted by Crippen LogP contribution is -2.37. The topological polar surface area (TPSA) is 15.8 Å². The van der Waals surface area contributed by atoms with Crippen LogP contribution in [0.2, 0.25) is 19.6 Å². The summed E-state index contributed by atoms with van der Waals surface area (Å²) < 4.78 is 0. The van der Waals surface area contributed by atoms with Crippen molar-refractivity contribution in [2.75, 3.05) is 0 Å². The van der Waals surface area contributed by atoms with Crippen molar-refractivity contribution in [3.05, 3.63) is 60.2 Å². The van der Waals surface area contributed by atoms with Crippen LogP contribution in [0.1, 0.15) is 5.56 Å². The second-order valence-corrected chi connectivity index (χ2v) is 12.6. The van der Waals surface area contributed by atoms with Crippen molar-refractivity contribution in [3.8, 4) is 0 Å². The molecular weight excluding hydrogens is 290 g/mol. The molecule has 0 radical (unpaired) electrons. The van der Waals surface area contributed by atoms with Crippen LogP contribution in [0.3, 0.4) is 0 Å². The number of nitrogens with one attached hydrogen (secondary N) is 1. The first-order chi connectivity index (χ1) is 10.0. The highest BCUT2D eigenvalue weighted by molar-refractivity contribution is 7.98. The van der Waals surface area contributed by atoms with E-state index in [0.717, 1.165) is 5.75 Å². The van der Waals surface area contributed by atoms with Gasteiger partial charge in [0, 0.05) is 16.7 Å². The van der Waals surface area contributed by atoms with Crippen LogP contribution < -0.4 is 5.19 Å². The van der Waals surface area contributed by atoms with E-state index in [1.165, 1.54) is 26.7 Å². The van der Waals surface area contributed by atoms with E-state index in [1.807, 2.05) is 11.8 Å². The minimum atomic E-state index is -1.18. The number of hydrogen-bond acceptors (Lipinski definition) is 1. The Morgan fingerprint density at radius 3 is 2.33 bits per heavy atom. The van der Waals surface area contributed by atoms with Gasteiger partial charge in [-0.1, -0.05) is 67.3 Å². The van der Waals surface area contributed by atoms with Crippen LogP contribution in [-0.2, 0) is 5.75 Å². The first kappa shape index (κ1) is 14.5. The number of thioether (sulfide) groups is 1. The van der Waals surface area contributed by atoms with Gasteiger partial charge in [0.1, 0.15) is 0 Å². The highest BCUT2D eigenvalue weighted by Gasteiger charge is 2.15. The van der Waals surface area contributed by atoms with E-state index in [0.29, 0.717) is 0 Å². The minimum Gasteiger partial charge on any atom is -0.350 e. The van der Waals surface area contributed by atoms with Gasteiger partial charge in [-0.2, -0.15) is 0 Å². The lowest BCUT2D eigenvalue weighted by Gasteiger charge is -2.16. The molecule has 3 rings (SSSR count). The molecule has 2 aromatic carbocycles. The van der Waals surface area contributed by atoms with Crippen molar-refractivity contribution in [3.63, 3.8) is 0 Å². The van der Waals surface area contributed by atoms with Crippen LogP contribution in [-0.4, -0.2) is 13.1 Å². The van der Waals surface area contributed by atoms with Crippen LogP contribution in [0.15, 0.2) is 59.6 Å². The number of rotatable bonds is 4. The van der Waals surface area contributed by atoms with Gasteiger partial charge in [-0.05, 0) is 17.7 Å². The fourth-order valence-electron chi connectivity index (χ4n) is 2.39. The van der Waals surface area contributed by atoms with E-state index in [-0.39, 0.29) is 0 Å². The maximum Gasteiger partial charge on any atom is 0.0775 e. The molecule has 108 valence electrons. The molecule has 0 aliphatic carbocycles. The van der Waals surface area contributed by atoms with Gasteiger partial charge in [0.15, 0.2) is 0 Å². The van der Waals surface area contributed by atoms with Crippen LogP contribution in [0.4, 0.5) is 0 Å². The number of H-pyrrole nitrogens is 1. The Hall–Kier alpha value is -1.45. The normalized spacial score (nSPS) is 12.0. The molecule has 0 fully saturated rings. The molecule has 0 aliphatic rings. The molecule has 0 aliphatic heterocycles. The van der Waals surface area contributed by atoms with E-state index < -0.39 is 8.07 Å². The first-order valence-corrected chi connectivity index (χ1v) is 11.8. The monoisotopic (exact) mass is 311 g/mol. The average Bonchev–Trinajstić information content (AvgIpc) is 2.87. The van der Waals surface area contributed by atoms with E-state index in [2.05, 4.69) is 79.2 Å². The van der Waals surface area contributed by atoms with Crippen molar-refractivity contribution in [1.29, 1.82) is 0 Å². The van der Waals surface area contributed by atoms with Gasteiger partial charge in [0.05, 0.1) is 13.1 Å². The summed E-state index contributed by atoms with van der Waals surface area (Å²) in [6.07, 6.45) is 0. The quantitative estimate of drug-likeness (QED) is 0.529. The second kappa shape index (κ2) is 5.74. The van der Waals surface area contributed by atoms with Crippen LogP contribution in [0, 0.1) is 0 Å². The smallest absolute Gasteiger partial charge is 0.0775 e. The predicted octanol–water partition coefficient (Wildman–Crippen LogP) is 5.01. The standard InChI is InChI=1S/C18H21NSSi/c1-21(2,3)16-10-8-14(9-11-16)13-20-18-12-15-6-4-5-7-17(15)19-18/h4-12,19H,13H2,1-3H3. The summed E-state index contributed by atoms with van der Waals surface area (Å²) in [5.41, 5.74) is 2.61. The highest BCUT2D eigenvalue weighted by atomic mass is 32.2. The molecule has 1 heterocycles. The Kier molecular flexibility index (Phi) is 3.96. The molecule has 0 amide bonds. The number of hydrogen-bond donors (Lipinski definition) is 1. The zero-order chi connectivity index (χ0) is 14.9. The molecule has 0 saturated carbocycles. The van der Waals surface area contributed by atoms with Crippen LogP contribution in [0.5, 0.6) is 0 Å². The second-order valence-electron chi connectivity index (χ2n) is 6.46. The first-order valence-electron chi connectivity index (χ1n) is 7.32. The third-order valence-electron chi connectivity index (χ3n) is 3.72. The number of aromatic amines is 1. The summed E-state index contributed by atoms with van der Waals surface area (Å²) in [5.74, 6) is 1.01. The Balaban J connectivity index is 1.69. The van der Waals surface area contributed by atoms with Gasteiger partial charge in [-0.25, -0.2) is 0 Å². The molecule has 3 aromatic rings. The minimum absolute atomic E-state index is 1.01. The molecule has 1 N–H and O–H groups in total. The number of aromatic nitrogens is 1. The molecule has 21 heavy (non-hydrogen) atoms. The van der Waals surface area contributed by atoms with Crippen molar-refractivity contribution in [1.82, 2.24) is 4.98 Å². The van der Waals surface area contributed by atoms with Gasteiger partial charge < -0.3 is 4.98 Å². The molecule has 1 nitrogen and oxygen atoms in total. The lowest BCUT2D eigenvalue weighted by atomic mass is 10.2. The van der Waals surface area contributed by atoms with Crippen molar-refractivity contribution >= 4 is 35.9 Å². The number of para-hydroxylation sites is 1. The number of fused-ring (bicyclic) bond motifs is 1. The summed E-state index contributed by atoms with van der Waals surface area (Å²) in [7, 11) is -1.18. The Morgan fingerprint density at radius 2 is 1.67 bits per heavy atom. The van der Waals surface area contributed by atoms with E-state index in [4.69, 9.17) is 0 Å². The van der Waals surface area contributed by atoms with Crippen molar-refractivity contribution < 1.29 is 0 Å². The fourth-order valence-corrected chi connectivity index (χ4v) is 4.46. The molecule has 0 atom stereocenters. The molecule has 0 saturated heterocycles. The largest absolute Gasteiger partial charge is 0.350 e. The van der Waals surface area contributed by atoms with E-state index in [1.54, 1.807) is 0 Å². The zero-order valence-electron chi connectivity index (χ0n) is 12.8. The third kappa shape index (κ3) is 3.42. The van der Waals surface area contributed by atoms with Gasteiger partial charge in [0.2, 0.25) is 0 Å². The van der Waals surface area contributed by atoms with E-state index in [9.17, 15) is 0 Å². The van der Waals surface area contributed by atoms with Gasteiger partial charge in [-0.3, -0.25) is 0 Å². The molecular formula is C18H21NSSi. The SMILES string of the molecule is C[Si](C)(C)c1ccc(CSc2cc3ccccc3[nH]2)cc1. The molecule has 0 spiro atoms. The van der Waals surface area contributed by atoms with E-state index >= 15 is 0 Å². The summed E-state index contributed by atoms with van der Waals surface area (Å²) >= 11 is 1.87. The number of benzene rings is 2. The Morgan fingerprint density at radius 1 is 0.952 bits per heavy atom. The van der Waals surface area contributed by atoms with Crippen LogP contribution >= 0.6 is 11.8 Å². The Labute approximate surface area is 131 Å². The average molecular weight is 312 g/mol. The van der Waals surface area contributed by atoms with Gasteiger partial charge in [-0.15, -0.1) is 11.8 Å². The van der Waals surface area contributed by atoms with Gasteiger partial charge in [0.25, 0.3) is 0 Å². The zero-order valence-corrected chi connectivity index (χ0v) is 14.6. The Bertz CT molecular complexity index is 705. The van der Waals surface area contributed by atoms with Gasteiger partial charge >= 0.3 is 0 Å². The summed E-state index contributed by atoms with van der Waals surface area (Å²) in [4.78, 5) is 3.47. The highest BCUT2D eigenvalue weighted by Crippen LogP contribution is 2.25. The maximum atomic E-state index is 3.47. The maximum absolute atomic E-state index is 3.47. The predicted molar refractivity (Wildman–Crippen MR) is 97.3 cm³/mol. The molecule has 1 aromatic heterocycles. The summed E-state index contributed by atoms with van der Waals surface area (Å²) in [5, 5.41) is 4.06. The molecule has 0 unspecified atom stereocenters. The van der Waals surface area contributed by atoms with Crippen molar-refractivity contribution in [2.24, 2.45) is 0 Å². The third-order valence-corrected chi connectivity index (χ3v) is 6.79. The van der Waals surface area contributed by atoms with Crippen LogP contribution in [0.25, 0.3) is 10.9 Å². The van der Waals surface area contributed by atoms with Crippen molar-refractivity contribution in [2.45, 2.75) is 30.4 Å². The summed E-state index contributed by atoms with van der Waals surface area (Å²) in [6, 6.07) is 19.9. The lowest BCUT2D eigenvalue weighted by molar-refractivity contribution is 1.23. The fraction of sp³-hybridized carbons (Fsp3) is 0.222.